The Labute approximate surface area is 166 Å². The molecule has 8 heteroatoms. The third-order valence-corrected chi connectivity index (χ3v) is 4.46. The summed E-state index contributed by atoms with van der Waals surface area (Å²) >= 11 is 0. The molecule has 0 aliphatic carbocycles. The van der Waals surface area contributed by atoms with Gasteiger partial charge in [0.2, 0.25) is 5.76 Å². The van der Waals surface area contributed by atoms with Gasteiger partial charge in [0.1, 0.15) is 11.6 Å². The Morgan fingerprint density at radius 1 is 0.897 bits per heavy atom. The number of benzene rings is 2. The van der Waals surface area contributed by atoms with Crippen molar-refractivity contribution < 1.29 is 27.9 Å². The number of amides is 2. The van der Waals surface area contributed by atoms with Crippen molar-refractivity contribution >= 4 is 23.5 Å². The maximum absolute atomic E-state index is 13.2. The van der Waals surface area contributed by atoms with Crippen molar-refractivity contribution in [1.29, 1.82) is 0 Å². The van der Waals surface area contributed by atoms with E-state index in [1.807, 2.05) is 0 Å². The van der Waals surface area contributed by atoms with E-state index in [9.17, 15) is 23.2 Å². The minimum absolute atomic E-state index is 0.0262. The van der Waals surface area contributed by atoms with Gasteiger partial charge in [-0.25, -0.2) is 18.5 Å². The third kappa shape index (κ3) is 3.87. The van der Waals surface area contributed by atoms with Gasteiger partial charge < -0.3 is 9.64 Å². The van der Waals surface area contributed by atoms with Crippen LogP contribution in [0.1, 0.15) is 24.2 Å². The van der Waals surface area contributed by atoms with Crippen LogP contribution in [0.2, 0.25) is 0 Å². The quantitative estimate of drug-likeness (QED) is 0.550. The van der Waals surface area contributed by atoms with E-state index in [1.54, 1.807) is 18.7 Å². The summed E-state index contributed by atoms with van der Waals surface area (Å²) in [5.41, 5.74) is 0.122. The van der Waals surface area contributed by atoms with Crippen LogP contribution in [0.25, 0.3) is 0 Å². The SMILES string of the molecule is CCN(CC)C1=C(OC(=O)c2ccc(F)cc2)C(=O)N(c2ccc(F)cc2)C1=O. The summed E-state index contributed by atoms with van der Waals surface area (Å²) in [5, 5.41) is 0. The van der Waals surface area contributed by atoms with Crippen LogP contribution in [0.5, 0.6) is 0 Å². The Kier molecular flexibility index (Phi) is 5.72. The van der Waals surface area contributed by atoms with Gasteiger partial charge in [0.25, 0.3) is 5.91 Å². The number of carbonyl (C=O) groups is 3. The van der Waals surface area contributed by atoms with Crippen molar-refractivity contribution in [2.75, 3.05) is 18.0 Å². The number of esters is 1. The summed E-state index contributed by atoms with van der Waals surface area (Å²) in [6.45, 7) is 4.35. The molecule has 0 atom stereocenters. The highest BCUT2D eigenvalue weighted by molar-refractivity contribution is 6.32. The fraction of sp³-hybridized carbons (Fsp3) is 0.190. The van der Waals surface area contributed by atoms with E-state index < -0.39 is 35.2 Å². The first-order valence-electron chi connectivity index (χ1n) is 8.98. The molecular weight excluding hydrogens is 382 g/mol. The molecule has 3 rings (SSSR count). The number of ether oxygens (including phenoxy) is 1. The van der Waals surface area contributed by atoms with Crippen LogP contribution >= 0.6 is 0 Å². The van der Waals surface area contributed by atoms with E-state index in [0.717, 1.165) is 29.2 Å². The van der Waals surface area contributed by atoms with Crippen molar-refractivity contribution in [2.45, 2.75) is 13.8 Å². The zero-order chi connectivity index (χ0) is 21.1. The lowest BCUT2D eigenvalue weighted by molar-refractivity contribution is -0.122. The predicted molar refractivity (Wildman–Crippen MR) is 101 cm³/mol. The second-order valence-corrected chi connectivity index (χ2v) is 6.17. The summed E-state index contributed by atoms with van der Waals surface area (Å²) in [5.74, 6) is -3.87. The molecule has 0 saturated carbocycles. The largest absolute Gasteiger partial charge is 0.414 e. The van der Waals surface area contributed by atoms with Gasteiger partial charge in [0, 0.05) is 13.1 Å². The first kappa shape index (κ1) is 20.2. The van der Waals surface area contributed by atoms with Gasteiger partial charge in [-0.2, -0.15) is 0 Å². The number of halogens is 2. The van der Waals surface area contributed by atoms with E-state index in [2.05, 4.69) is 0 Å². The van der Waals surface area contributed by atoms with Crippen molar-refractivity contribution in [2.24, 2.45) is 0 Å². The van der Waals surface area contributed by atoms with Gasteiger partial charge in [0.05, 0.1) is 11.3 Å². The van der Waals surface area contributed by atoms with Crippen LogP contribution in [0.4, 0.5) is 14.5 Å². The number of nitrogens with zero attached hydrogens (tertiary/aromatic N) is 2. The second kappa shape index (κ2) is 8.22. The van der Waals surface area contributed by atoms with Gasteiger partial charge in [-0.05, 0) is 62.4 Å². The van der Waals surface area contributed by atoms with Crippen LogP contribution in [0.15, 0.2) is 60.0 Å². The molecule has 0 N–H and O–H groups in total. The molecule has 0 aromatic heterocycles. The highest BCUT2D eigenvalue weighted by Gasteiger charge is 2.44. The first-order valence-corrected chi connectivity index (χ1v) is 8.98. The summed E-state index contributed by atoms with van der Waals surface area (Å²) in [4.78, 5) is 40.9. The Morgan fingerprint density at radius 2 is 1.41 bits per heavy atom. The molecule has 1 heterocycles. The number of hydrogen-bond donors (Lipinski definition) is 0. The maximum atomic E-state index is 13.2. The molecule has 0 saturated heterocycles. The number of carbonyl (C=O) groups excluding carboxylic acids is 3. The van der Waals surface area contributed by atoms with E-state index >= 15 is 0 Å². The molecule has 0 fully saturated rings. The number of anilines is 1. The average molecular weight is 400 g/mol. The highest BCUT2D eigenvalue weighted by Crippen LogP contribution is 2.30. The third-order valence-electron chi connectivity index (χ3n) is 4.46. The minimum atomic E-state index is -0.897. The molecule has 6 nitrogen and oxygen atoms in total. The Morgan fingerprint density at radius 3 is 1.93 bits per heavy atom. The van der Waals surface area contributed by atoms with Gasteiger partial charge in [-0.15, -0.1) is 0 Å². The van der Waals surface area contributed by atoms with E-state index in [4.69, 9.17) is 4.74 Å². The van der Waals surface area contributed by atoms with Gasteiger partial charge in [-0.1, -0.05) is 0 Å². The van der Waals surface area contributed by atoms with Crippen LogP contribution < -0.4 is 4.90 Å². The first-order chi connectivity index (χ1) is 13.9. The zero-order valence-electron chi connectivity index (χ0n) is 15.8. The smallest absolute Gasteiger partial charge is 0.343 e. The molecule has 0 unspecified atom stereocenters. The summed E-state index contributed by atoms with van der Waals surface area (Å²) in [6.07, 6.45) is 0. The predicted octanol–water partition coefficient (Wildman–Crippen LogP) is 3.25. The molecule has 29 heavy (non-hydrogen) atoms. The summed E-state index contributed by atoms with van der Waals surface area (Å²) in [7, 11) is 0. The fourth-order valence-electron chi connectivity index (χ4n) is 2.97. The normalized spacial score (nSPS) is 13.9. The maximum Gasteiger partial charge on any atom is 0.343 e. The number of hydrogen-bond acceptors (Lipinski definition) is 5. The van der Waals surface area contributed by atoms with E-state index in [1.165, 1.54) is 24.3 Å². The van der Waals surface area contributed by atoms with Crippen LogP contribution in [0, 0.1) is 11.6 Å². The molecule has 1 aliphatic heterocycles. The Bertz CT molecular complexity index is 981. The highest BCUT2D eigenvalue weighted by atomic mass is 19.1. The van der Waals surface area contributed by atoms with Gasteiger partial charge >= 0.3 is 11.9 Å². The summed E-state index contributed by atoms with van der Waals surface area (Å²) in [6, 6.07) is 9.42. The van der Waals surface area contributed by atoms with Crippen LogP contribution in [-0.2, 0) is 14.3 Å². The van der Waals surface area contributed by atoms with E-state index in [0.29, 0.717) is 13.1 Å². The average Bonchev–Trinajstić information content (AvgIpc) is 2.95. The van der Waals surface area contributed by atoms with Gasteiger partial charge in [0.15, 0.2) is 5.70 Å². The zero-order valence-corrected chi connectivity index (χ0v) is 15.8. The molecule has 0 spiro atoms. The van der Waals surface area contributed by atoms with Crippen molar-refractivity contribution in [3.63, 3.8) is 0 Å². The van der Waals surface area contributed by atoms with Gasteiger partial charge in [-0.3, -0.25) is 9.59 Å². The fourth-order valence-corrected chi connectivity index (χ4v) is 2.97. The molecule has 2 aromatic rings. The lowest BCUT2D eigenvalue weighted by Crippen LogP contribution is -2.35. The molecular formula is C21H18F2N2O4. The number of rotatable bonds is 6. The minimum Gasteiger partial charge on any atom is -0.414 e. The molecule has 2 aromatic carbocycles. The van der Waals surface area contributed by atoms with E-state index in [-0.39, 0.29) is 16.9 Å². The Balaban J connectivity index is 2.00. The topological polar surface area (TPSA) is 66.9 Å². The monoisotopic (exact) mass is 400 g/mol. The van der Waals surface area contributed by atoms with Crippen molar-refractivity contribution in [1.82, 2.24) is 4.90 Å². The lowest BCUT2D eigenvalue weighted by Gasteiger charge is -2.22. The lowest BCUT2D eigenvalue weighted by atomic mass is 10.2. The van der Waals surface area contributed by atoms with Crippen molar-refractivity contribution in [3.05, 3.63) is 77.2 Å². The molecule has 2 amide bonds. The standard InChI is InChI=1S/C21H18F2N2O4/c1-3-24(4-2)17-18(29-21(28)13-5-7-14(22)8-6-13)20(27)25(19(17)26)16-11-9-15(23)10-12-16/h5-12H,3-4H2,1-2H3. The van der Waals surface area contributed by atoms with Crippen LogP contribution in [0.3, 0.4) is 0 Å². The van der Waals surface area contributed by atoms with Crippen molar-refractivity contribution in [3.8, 4) is 0 Å². The number of imide groups is 1. The molecule has 1 aliphatic rings. The molecule has 0 radical (unpaired) electrons. The molecule has 0 bridgehead atoms. The summed E-state index contributed by atoms with van der Waals surface area (Å²) < 4.78 is 31.6. The Hall–Kier alpha value is -3.55. The molecule has 150 valence electrons. The van der Waals surface area contributed by atoms with Crippen LogP contribution in [-0.4, -0.2) is 35.8 Å². The number of likely N-dealkylation sites (N-methyl/N-ethyl adjacent to an activating group) is 1. The second-order valence-electron chi connectivity index (χ2n) is 6.17.